The Morgan fingerprint density at radius 2 is 1.94 bits per heavy atom. The number of pyridine rings is 1. The predicted molar refractivity (Wildman–Crippen MR) is 122 cm³/mol. The molecule has 0 aliphatic rings. The summed E-state index contributed by atoms with van der Waals surface area (Å²) in [7, 11) is 1.59. The molecule has 3 aromatic rings. The monoisotopic (exact) mass is 455 g/mol. The van der Waals surface area contributed by atoms with Crippen molar-refractivity contribution in [2.75, 3.05) is 7.11 Å². The Morgan fingerprint density at radius 3 is 2.58 bits per heavy atom. The summed E-state index contributed by atoms with van der Waals surface area (Å²) in [4.78, 5) is 17.1. The maximum Gasteiger partial charge on any atom is 0.271 e. The summed E-state index contributed by atoms with van der Waals surface area (Å²) >= 11 is 12.1. The highest BCUT2D eigenvalue weighted by molar-refractivity contribution is 6.35. The van der Waals surface area contributed by atoms with Crippen LogP contribution in [0.4, 0.5) is 5.69 Å². The maximum absolute atomic E-state index is 12.8. The molecule has 3 rings (SSSR count). The van der Waals surface area contributed by atoms with Crippen LogP contribution in [-0.2, 0) is 13.0 Å². The van der Waals surface area contributed by atoms with Gasteiger partial charge in [0.2, 0.25) is 5.88 Å². The molecular weight excluding hydrogens is 437 g/mol. The molecule has 1 N–H and O–H groups in total. The summed E-state index contributed by atoms with van der Waals surface area (Å²) in [6.07, 6.45) is 1.86. The lowest BCUT2D eigenvalue weighted by Crippen LogP contribution is -2.26. The van der Waals surface area contributed by atoms with E-state index in [2.05, 4.69) is 4.99 Å². The largest absolute Gasteiger partial charge is 0.497 e. The molecule has 1 heterocycles. The van der Waals surface area contributed by atoms with Gasteiger partial charge in [0.15, 0.2) is 0 Å². The molecule has 0 saturated heterocycles. The van der Waals surface area contributed by atoms with Crippen molar-refractivity contribution < 1.29 is 9.84 Å². The van der Waals surface area contributed by atoms with Crippen LogP contribution in [0.1, 0.15) is 22.3 Å². The van der Waals surface area contributed by atoms with Crippen LogP contribution in [0.5, 0.6) is 11.6 Å². The van der Waals surface area contributed by atoms with Crippen LogP contribution in [0.15, 0.2) is 52.3 Å². The minimum atomic E-state index is -0.552. The summed E-state index contributed by atoms with van der Waals surface area (Å²) in [6.45, 7) is 1.78. The van der Waals surface area contributed by atoms with Crippen LogP contribution in [0, 0.1) is 18.3 Å². The Balaban J connectivity index is 2.00. The van der Waals surface area contributed by atoms with Crippen LogP contribution < -0.4 is 10.3 Å². The van der Waals surface area contributed by atoms with Crippen molar-refractivity contribution in [1.29, 1.82) is 5.26 Å². The first-order chi connectivity index (χ1) is 14.8. The van der Waals surface area contributed by atoms with E-state index < -0.39 is 5.56 Å². The van der Waals surface area contributed by atoms with Crippen LogP contribution in [-0.4, -0.2) is 23.0 Å². The lowest BCUT2D eigenvalue weighted by atomic mass is 10.1. The van der Waals surface area contributed by atoms with E-state index in [0.717, 1.165) is 11.3 Å². The molecule has 0 saturated carbocycles. The zero-order chi connectivity index (χ0) is 22.5. The van der Waals surface area contributed by atoms with Crippen molar-refractivity contribution in [3.8, 4) is 17.7 Å². The summed E-state index contributed by atoms with van der Waals surface area (Å²) in [5, 5.41) is 21.2. The Bertz CT molecular complexity index is 1240. The van der Waals surface area contributed by atoms with Crippen molar-refractivity contribution in [2.45, 2.75) is 19.9 Å². The Labute approximate surface area is 189 Å². The summed E-state index contributed by atoms with van der Waals surface area (Å²) in [5.74, 6) is 0.459. The second-order valence-corrected chi connectivity index (χ2v) is 7.60. The molecular formula is C23H19Cl2N3O3. The SMILES string of the molecule is COc1ccc(CCn2c(O)c(C=Nc3cc(Cl)ccc3Cl)c(C)c(C#N)c2=O)cc1. The van der Waals surface area contributed by atoms with E-state index in [1.807, 2.05) is 30.3 Å². The number of methoxy groups -OCH3 is 1. The van der Waals surface area contributed by atoms with Crippen LogP contribution in [0.25, 0.3) is 0 Å². The number of hydrogen-bond donors (Lipinski definition) is 1. The van der Waals surface area contributed by atoms with Crippen LogP contribution in [0.3, 0.4) is 0 Å². The smallest absolute Gasteiger partial charge is 0.271 e. The Morgan fingerprint density at radius 1 is 1.23 bits per heavy atom. The van der Waals surface area contributed by atoms with Crippen molar-refractivity contribution in [1.82, 2.24) is 4.57 Å². The van der Waals surface area contributed by atoms with Gasteiger partial charge in [-0.3, -0.25) is 14.4 Å². The minimum Gasteiger partial charge on any atom is -0.497 e. The number of halogens is 2. The molecule has 8 heteroatoms. The van der Waals surface area contributed by atoms with Gasteiger partial charge in [-0.25, -0.2) is 0 Å². The third-order valence-corrected chi connectivity index (χ3v) is 5.43. The van der Waals surface area contributed by atoms with Gasteiger partial charge in [0, 0.05) is 17.8 Å². The first-order valence-electron chi connectivity index (χ1n) is 9.34. The minimum absolute atomic E-state index is 0.0498. The molecule has 0 radical (unpaired) electrons. The lowest BCUT2D eigenvalue weighted by molar-refractivity contribution is 0.404. The number of benzene rings is 2. The summed E-state index contributed by atoms with van der Waals surface area (Å²) in [6, 6.07) is 14.2. The van der Waals surface area contributed by atoms with Crippen molar-refractivity contribution >= 4 is 35.1 Å². The van der Waals surface area contributed by atoms with Crippen LogP contribution in [0.2, 0.25) is 10.0 Å². The Hall–Kier alpha value is -3.27. The maximum atomic E-state index is 12.8. The first-order valence-corrected chi connectivity index (χ1v) is 10.1. The Kier molecular flexibility index (Phi) is 7.01. The van der Waals surface area contributed by atoms with E-state index in [1.165, 1.54) is 10.8 Å². The highest BCUT2D eigenvalue weighted by Gasteiger charge is 2.18. The lowest BCUT2D eigenvalue weighted by Gasteiger charge is -2.14. The van der Waals surface area contributed by atoms with Crippen molar-refractivity contribution in [3.63, 3.8) is 0 Å². The van der Waals surface area contributed by atoms with Gasteiger partial charge in [0.05, 0.1) is 23.4 Å². The van der Waals surface area contributed by atoms with Crippen molar-refractivity contribution in [2.24, 2.45) is 4.99 Å². The van der Waals surface area contributed by atoms with E-state index >= 15 is 0 Å². The average Bonchev–Trinajstić information content (AvgIpc) is 2.76. The number of nitriles is 1. The van der Waals surface area contributed by atoms with E-state index in [1.54, 1.807) is 32.2 Å². The summed E-state index contributed by atoms with van der Waals surface area (Å²) in [5.41, 5.74) is 1.36. The van der Waals surface area contributed by atoms with Gasteiger partial charge >= 0.3 is 0 Å². The average molecular weight is 456 g/mol. The van der Waals surface area contributed by atoms with Gasteiger partial charge < -0.3 is 9.84 Å². The quantitative estimate of drug-likeness (QED) is 0.527. The van der Waals surface area contributed by atoms with E-state index in [9.17, 15) is 15.2 Å². The molecule has 0 amide bonds. The van der Waals surface area contributed by atoms with Gasteiger partial charge in [-0.2, -0.15) is 5.26 Å². The number of rotatable bonds is 6. The second-order valence-electron chi connectivity index (χ2n) is 6.76. The van der Waals surface area contributed by atoms with Gasteiger partial charge in [0.25, 0.3) is 5.56 Å². The number of aromatic hydroxyl groups is 1. The van der Waals surface area contributed by atoms with E-state index in [-0.39, 0.29) is 23.6 Å². The highest BCUT2D eigenvalue weighted by atomic mass is 35.5. The normalized spacial score (nSPS) is 10.9. The fourth-order valence-electron chi connectivity index (χ4n) is 3.08. The van der Waals surface area contributed by atoms with E-state index in [0.29, 0.717) is 27.7 Å². The number of hydrogen-bond acceptors (Lipinski definition) is 5. The molecule has 0 atom stereocenters. The molecule has 1 aromatic heterocycles. The molecule has 158 valence electrons. The number of aliphatic imine (C=N–C) groups is 1. The number of aryl methyl sites for hydroxylation is 1. The van der Waals surface area contributed by atoms with Gasteiger partial charge in [0.1, 0.15) is 17.4 Å². The zero-order valence-corrected chi connectivity index (χ0v) is 18.4. The van der Waals surface area contributed by atoms with Crippen molar-refractivity contribution in [3.05, 3.63) is 85.1 Å². The molecule has 2 aromatic carbocycles. The fraction of sp³-hybridized carbons (Fsp3) is 0.174. The van der Waals surface area contributed by atoms with Gasteiger partial charge in [-0.15, -0.1) is 0 Å². The molecule has 0 unspecified atom stereocenters. The molecule has 31 heavy (non-hydrogen) atoms. The molecule has 0 fully saturated rings. The van der Waals surface area contributed by atoms with Gasteiger partial charge in [-0.1, -0.05) is 35.3 Å². The summed E-state index contributed by atoms with van der Waals surface area (Å²) < 4.78 is 6.32. The first kappa shape index (κ1) is 22.4. The third-order valence-electron chi connectivity index (χ3n) is 4.87. The van der Waals surface area contributed by atoms with Gasteiger partial charge in [-0.05, 0) is 54.8 Å². The van der Waals surface area contributed by atoms with Crippen LogP contribution >= 0.6 is 23.2 Å². The molecule has 0 bridgehead atoms. The number of ether oxygens (including phenoxy) is 1. The molecule has 0 aliphatic heterocycles. The second kappa shape index (κ2) is 9.69. The molecule has 0 spiro atoms. The topological polar surface area (TPSA) is 87.6 Å². The van der Waals surface area contributed by atoms with E-state index in [4.69, 9.17) is 27.9 Å². The zero-order valence-electron chi connectivity index (χ0n) is 16.9. The number of nitrogens with zero attached hydrogens (tertiary/aromatic N) is 3. The molecule has 6 nitrogen and oxygen atoms in total. The predicted octanol–water partition coefficient (Wildman–Crippen LogP) is 5.04. The highest BCUT2D eigenvalue weighted by Crippen LogP contribution is 2.29. The fourth-order valence-corrected chi connectivity index (χ4v) is 3.42. The number of aromatic nitrogens is 1. The third kappa shape index (κ3) is 4.91. The standard InChI is InChI=1S/C23H19Cl2N3O3/c1-14-18(12-26)22(29)28(10-9-15-3-6-17(31-2)7-4-15)23(30)19(14)13-27-21-11-16(24)5-8-20(21)25/h3-8,11,13,30H,9-10H2,1-2H3. The molecule has 0 aliphatic carbocycles.